The van der Waals surface area contributed by atoms with Crippen LogP contribution in [0, 0.1) is 6.92 Å². The molecule has 0 aliphatic rings. The Balaban J connectivity index is 2.32. The lowest BCUT2D eigenvalue weighted by atomic mass is 9.90. The predicted molar refractivity (Wildman–Crippen MR) is 89.8 cm³/mol. The van der Waals surface area contributed by atoms with Gasteiger partial charge in [-0.1, -0.05) is 20.8 Å². The fraction of sp³-hybridized carbons (Fsp3) is 0.500. The summed E-state index contributed by atoms with van der Waals surface area (Å²) in [6.07, 6.45) is 0. The maximum Gasteiger partial charge on any atom is 0.129 e. The molecule has 4 nitrogen and oxygen atoms in total. The van der Waals surface area contributed by atoms with E-state index < -0.39 is 0 Å². The van der Waals surface area contributed by atoms with Gasteiger partial charge in [0.05, 0.1) is 17.7 Å². The molecule has 0 spiro atoms. The number of pyridine rings is 1. The minimum Gasteiger partial charge on any atom is -0.354 e. The zero-order valence-electron chi connectivity index (χ0n) is 13.5. The van der Waals surface area contributed by atoms with Gasteiger partial charge in [0.1, 0.15) is 5.82 Å². The molecule has 2 N–H and O–H groups in total. The molecule has 0 fully saturated rings. The number of aromatic nitrogens is 2. The molecule has 0 saturated carbocycles. The van der Waals surface area contributed by atoms with Crippen molar-refractivity contribution in [3.63, 3.8) is 0 Å². The monoisotopic (exact) mass is 304 g/mol. The molecule has 0 bridgehead atoms. The largest absolute Gasteiger partial charge is 0.354 e. The Bertz CT molecular complexity index is 613. The summed E-state index contributed by atoms with van der Waals surface area (Å²) in [6, 6.07) is 4.18. The van der Waals surface area contributed by atoms with Gasteiger partial charge in [-0.05, 0) is 24.6 Å². The van der Waals surface area contributed by atoms with Crippen LogP contribution >= 0.6 is 11.3 Å². The first-order valence-electron chi connectivity index (χ1n) is 7.13. The van der Waals surface area contributed by atoms with Crippen LogP contribution in [-0.2, 0) is 18.5 Å². The Labute approximate surface area is 131 Å². The molecule has 0 aromatic carbocycles. The molecule has 2 aromatic heterocycles. The SMILES string of the molecule is Cc1ncsc1CN(C)c1cc(CN)cc(C(C)(C)C)n1. The van der Waals surface area contributed by atoms with E-state index in [1.54, 1.807) is 11.3 Å². The van der Waals surface area contributed by atoms with Crippen LogP contribution in [0.2, 0.25) is 0 Å². The summed E-state index contributed by atoms with van der Waals surface area (Å²) in [4.78, 5) is 12.6. The van der Waals surface area contributed by atoms with Gasteiger partial charge in [-0.25, -0.2) is 9.97 Å². The van der Waals surface area contributed by atoms with E-state index in [0.29, 0.717) is 6.54 Å². The van der Waals surface area contributed by atoms with Crippen LogP contribution in [-0.4, -0.2) is 17.0 Å². The van der Waals surface area contributed by atoms with Gasteiger partial charge in [-0.2, -0.15) is 0 Å². The number of hydrogen-bond donors (Lipinski definition) is 1. The van der Waals surface area contributed by atoms with E-state index in [9.17, 15) is 0 Å². The van der Waals surface area contributed by atoms with Gasteiger partial charge in [-0.15, -0.1) is 11.3 Å². The summed E-state index contributed by atoms with van der Waals surface area (Å²) in [6.45, 7) is 9.92. The van der Waals surface area contributed by atoms with Crippen LogP contribution in [0.5, 0.6) is 0 Å². The lowest BCUT2D eigenvalue weighted by molar-refractivity contribution is 0.567. The van der Waals surface area contributed by atoms with Crippen LogP contribution in [0.3, 0.4) is 0 Å². The number of thiazole rings is 1. The van der Waals surface area contributed by atoms with Crippen LogP contribution < -0.4 is 10.6 Å². The lowest BCUT2D eigenvalue weighted by Crippen LogP contribution is -2.21. The Morgan fingerprint density at radius 3 is 2.52 bits per heavy atom. The molecule has 0 aliphatic carbocycles. The van der Waals surface area contributed by atoms with Crippen molar-refractivity contribution in [2.45, 2.75) is 46.2 Å². The minimum atomic E-state index is 0.0151. The number of rotatable bonds is 4. The molecule has 0 unspecified atom stereocenters. The number of nitrogens with zero attached hydrogens (tertiary/aromatic N) is 3. The molecule has 0 saturated heterocycles. The smallest absolute Gasteiger partial charge is 0.129 e. The first kappa shape index (κ1) is 15.9. The second kappa shape index (κ2) is 6.12. The van der Waals surface area contributed by atoms with Gasteiger partial charge in [0, 0.05) is 29.6 Å². The topological polar surface area (TPSA) is 55.0 Å². The third-order valence-corrected chi connectivity index (χ3v) is 4.41. The first-order valence-corrected chi connectivity index (χ1v) is 8.01. The molecule has 0 amide bonds. The van der Waals surface area contributed by atoms with Gasteiger partial charge in [0.15, 0.2) is 0 Å². The average Bonchev–Trinajstić information content (AvgIpc) is 2.82. The van der Waals surface area contributed by atoms with Crippen LogP contribution in [0.4, 0.5) is 5.82 Å². The molecule has 0 aliphatic heterocycles. The van der Waals surface area contributed by atoms with Gasteiger partial charge in [-0.3, -0.25) is 0 Å². The Kier molecular flexibility index (Phi) is 4.64. The summed E-state index contributed by atoms with van der Waals surface area (Å²) in [7, 11) is 2.06. The molecule has 5 heteroatoms. The normalized spacial score (nSPS) is 11.7. The fourth-order valence-corrected chi connectivity index (χ4v) is 2.87. The van der Waals surface area contributed by atoms with E-state index in [0.717, 1.165) is 29.3 Å². The highest BCUT2D eigenvalue weighted by Gasteiger charge is 2.18. The van der Waals surface area contributed by atoms with Crippen molar-refractivity contribution in [3.05, 3.63) is 39.5 Å². The number of nitrogens with two attached hydrogens (primary N) is 1. The van der Waals surface area contributed by atoms with Crippen LogP contribution in [0.15, 0.2) is 17.6 Å². The predicted octanol–water partition coefficient (Wildman–Crippen LogP) is 3.24. The summed E-state index contributed by atoms with van der Waals surface area (Å²) >= 11 is 1.69. The average molecular weight is 304 g/mol. The highest BCUT2D eigenvalue weighted by molar-refractivity contribution is 7.09. The number of anilines is 1. The summed E-state index contributed by atoms with van der Waals surface area (Å²) in [5, 5.41) is 0. The second-order valence-electron chi connectivity index (χ2n) is 6.39. The summed E-state index contributed by atoms with van der Waals surface area (Å²) in [5.74, 6) is 0.968. The second-order valence-corrected chi connectivity index (χ2v) is 7.33. The van der Waals surface area contributed by atoms with Crippen molar-refractivity contribution in [2.75, 3.05) is 11.9 Å². The van der Waals surface area contributed by atoms with Crippen molar-refractivity contribution < 1.29 is 0 Å². The van der Waals surface area contributed by atoms with Crippen molar-refractivity contribution in [2.24, 2.45) is 5.73 Å². The van der Waals surface area contributed by atoms with E-state index >= 15 is 0 Å². The lowest BCUT2D eigenvalue weighted by Gasteiger charge is -2.24. The maximum absolute atomic E-state index is 5.84. The molecule has 2 aromatic rings. The molecule has 21 heavy (non-hydrogen) atoms. The zero-order chi connectivity index (χ0) is 15.6. The molecule has 0 radical (unpaired) electrons. The van der Waals surface area contributed by atoms with Crippen LogP contribution in [0.25, 0.3) is 0 Å². The Morgan fingerprint density at radius 1 is 1.29 bits per heavy atom. The van der Waals surface area contributed by atoms with E-state index in [2.05, 4.69) is 49.8 Å². The van der Waals surface area contributed by atoms with Gasteiger partial charge >= 0.3 is 0 Å². The Morgan fingerprint density at radius 2 is 2.00 bits per heavy atom. The number of hydrogen-bond acceptors (Lipinski definition) is 5. The summed E-state index contributed by atoms with van der Waals surface area (Å²) < 4.78 is 0. The van der Waals surface area contributed by atoms with E-state index in [-0.39, 0.29) is 5.41 Å². The highest BCUT2D eigenvalue weighted by atomic mass is 32.1. The quantitative estimate of drug-likeness (QED) is 0.942. The molecule has 0 atom stereocenters. The van der Waals surface area contributed by atoms with Gasteiger partial charge in [0.2, 0.25) is 0 Å². The first-order chi connectivity index (χ1) is 9.81. The number of aryl methyl sites for hydroxylation is 1. The molecular weight excluding hydrogens is 280 g/mol. The van der Waals surface area contributed by atoms with Crippen molar-refractivity contribution in [1.82, 2.24) is 9.97 Å². The molecule has 2 heterocycles. The highest BCUT2D eigenvalue weighted by Crippen LogP contribution is 2.25. The van der Waals surface area contributed by atoms with E-state index in [1.165, 1.54) is 4.88 Å². The van der Waals surface area contributed by atoms with Crippen molar-refractivity contribution >= 4 is 17.2 Å². The third-order valence-electron chi connectivity index (χ3n) is 3.49. The zero-order valence-corrected chi connectivity index (χ0v) is 14.3. The van der Waals surface area contributed by atoms with Gasteiger partial charge < -0.3 is 10.6 Å². The third kappa shape index (κ3) is 3.80. The minimum absolute atomic E-state index is 0.0151. The molecule has 114 valence electrons. The molecule has 2 rings (SSSR count). The van der Waals surface area contributed by atoms with E-state index in [4.69, 9.17) is 10.7 Å². The molecular formula is C16H24N4S. The van der Waals surface area contributed by atoms with Gasteiger partial charge in [0.25, 0.3) is 0 Å². The van der Waals surface area contributed by atoms with Crippen molar-refractivity contribution in [3.8, 4) is 0 Å². The maximum atomic E-state index is 5.84. The Hall–Kier alpha value is -1.46. The summed E-state index contributed by atoms with van der Waals surface area (Å²) in [5.41, 5.74) is 11.0. The van der Waals surface area contributed by atoms with E-state index in [1.807, 2.05) is 12.4 Å². The van der Waals surface area contributed by atoms with Crippen LogP contribution in [0.1, 0.15) is 42.6 Å². The standard InChI is InChI=1S/C16H24N4S/c1-11-13(21-10-18-11)9-20(5)15-7-12(8-17)6-14(19-15)16(2,3)4/h6-7,10H,8-9,17H2,1-5H3. The van der Waals surface area contributed by atoms with Crippen molar-refractivity contribution in [1.29, 1.82) is 0 Å². The fourth-order valence-electron chi connectivity index (χ4n) is 2.04.